The monoisotopic (exact) mass is 417 g/mol. The van der Waals surface area contributed by atoms with Gasteiger partial charge in [0, 0.05) is 55.1 Å². The topological polar surface area (TPSA) is 72.0 Å². The number of benzene rings is 2. The molecule has 2 N–H and O–H groups in total. The van der Waals surface area contributed by atoms with Gasteiger partial charge in [-0.05, 0) is 24.1 Å². The van der Waals surface area contributed by atoms with Crippen molar-refractivity contribution in [2.45, 2.75) is 19.2 Å². The minimum Gasteiger partial charge on any atom is -0.491 e. The Morgan fingerprint density at radius 2 is 1.90 bits per heavy atom. The fourth-order valence-electron chi connectivity index (χ4n) is 2.69. The van der Waals surface area contributed by atoms with Crippen LogP contribution in [-0.4, -0.2) is 49.8 Å². The van der Waals surface area contributed by atoms with Crippen molar-refractivity contribution in [2.75, 3.05) is 39.7 Å². The summed E-state index contributed by atoms with van der Waals surface area (Å²) in [4.78, 5) is 4.24. The number of methoxy groups -OCH3 is 1. The summed E-state index contributed by atoms with van der Waals surface area (Å²) in [5, 5.41) is 6.51. The van der Waals surface area contributed by atoms with Gasteiger partial charge in [0.15, 0.2) is 5.96 Å². The summed E-state index contributed by atoms with van der Waals surface area (Å²) in [5.74, 6) is 2.64. The Hall–Kier alpha value is -2.38. The maximum absolute atomic E-state index is 12.2. The van der Waals surface area contributed by atoms with Crippen molar-refractivity contribution < 1.29 is 13.7 Å². The van der Waals surface area contributed by atoms with Crippen LogP contribution in [0.5, 0.6) is 5.75 Å². The number of rotatable bonds is 11. The van der Waals surface area contributed by atoms with E-state index in [0.29, 0.717) is 43.8 Å². The molecule has 0 amide bonds. The highest BCUT2D eigenvalue weighted by atomic mass is 32.2. The lowest BCUT2D eigenvalue weighted by Crippen LogP contribution is -2.38. The quantitative estimate of drug-likeness (QED) is 0.334. The van der Waals surface area contributed by atoms with Crippen LogP contribution in [0, 0.1) is 6.92 Å². The Labute approximate surface area is 176 Å². The van der Waals surface area contributed by atoms with Crippen LogP contribution in [-0.2, 0) is 27.8 Å². The van der Waals surface area contributed by atoms with Crippen LogP contribution < -0.4 is 15.4 Å². The van der Waals surface area contributed by atoms with Crippen molar-refractivity contribution in [3.05, 3.63) is 65.2 Å². The molecule has 29 heavy (non-hydrogen) atoms. The maximum Gasteiger partial charge on any atom is 0.191 e. The molecule has 0 aliphatic rings. The molecule has 0 saturated heterocycles. The van der Waals surface area contributed by atoms with Gasteiger partial charge in [-0.2, -0.15) is 0 Å². The first-order valence-electron chi connectivity index (χ1n) is 9.67. The number of aliphatic imine (C=N–C) groups is 1. The molecule has 0 bridgehead atoms. The normalized spacial score (nSPS) is 12.4. The second-order valence-electron chi connectivity index (χ2n) is 6.58. The van der Waals surface area contributed by atoms with E-state index in [-0.39, 0.29) is 0 Å². The summed E-state index contributed by atoms with van der Waals surface area (Å²) >= 11 is 0. The maximum atomic E-state index is 12.2. The van der Waals surface area contributed by atoms with Crippen LogP contribution in [0.2, 0.25) is 0 Å². The van der Waals surface area contributed by atoms with Gasteiger partial charge in [0.2, 0.25) is 0 Å². The van der Waals surface area contributed by atoms with Crippen molar-refractivity contribution in [2.24, 2.45) is 4.99 Å². The lowest BCUT2D eigenvalue weighted by Gasteiger charge is -2.15. The minimum atomic E-state index is -0.918. The second-order valence-corrected chi connectivity index (χ2v) is 8.16. The average Bonchev–Trinajstić information content (AvgIpc) is 2.72. The van der Waals surface area contributed by atoms with E-state index in [2.05, 4.69) is 21.7 Å². The number of hydrogen-bond donors (Lipinski definition) is 2. The van der Waals surface area contributed by atoms with Gasteiger partial charge in [-0.25, -0.2) is 0 Å². The van der Waals surface area contributed by atoms with Crippen LogP contribution in [0.25, 0.3) is 0 Å². The van der Waals surface area contributed by atoms with Gasteiger partial charge in [0.05, 0.1) is 6.61 Å². The van der Waals surface area contributed by atoms with E-state index in [9.17, 15) is 4.21 Å². The first-order chi connectivity index (χ1) is 14.1. The lowest BCUT2D eigenvalue weighted by atomic mass is 10.1. The molecule has 0 aliphatic carbocycles. The highest BCUT2D eigenvalue weighted by molar-refractivity contribution is 7.84. The van der Waals surface area contributed by atoms with Crippen LogP contribution in [0.1, 0.15) is 16.7 Å². The van der Waals surface area contributed by atoms with Crippen LogP contribution in [0.15, 0.2) is 53.5 Å². The molecule has 1 atom stereocenters. The molecule has 158 valence electrons. The number of hydrogen-bond acceptors (Lipinski definition) is 4. The zero-order valence-corrected chi connectivity index (χ0v) is 18.3. The van der Waals surface area contributed by atoms with E-state index in [4.69, 9.17) is 9.47 Å². The van der Waals surface area contributed by atoms with Gasteiger partial charge >= 0.3 is 0 Å². The molecule has 0 heterocycles. The third-order valence-electron chi connectivity index (χ3n) is 4.23. The smallest absolute Gasteiger partial charge is 0.191 e. The van der Waals surface area contributed by atoms with Gasteiger partial charge in [-0.1, -0.05) is 42.5 Å². The number of guanidine groups is 1. The fraction of sp³-hybridized carbons (Fsp3) is 0.409. The largest absolute Gasteiger partial charge is 0.491 e. The van der Waals surface area contributed by atoms with E-state index < -0.39 is 10.8 Å². The van der Waals surface area contributed by atoms with Crippen LogP contribution in [0.4, 0.5) is 0 Å². The number of nitrogens with one attached hydrogen (secondary N) is 2. The molecular weight excluding hydrogens is 386 g/mol. The molecule has 0 saturated carbocycles. The molecule has 2 aromatic carbocycles. The SMILES string of the molecule is CN=C(NCCS(=O)Cc1ccccc1)NCc1ccc(C)cc1OCCOC. The average molecular weight is 418 g/mol. The lowest BCUT2D eigenvalue weighted by molar-refractivity contribution is 0.145. The Kier molecular flexibility index (Phi) is 10.2. The second kappa shape index (κ2) is 13.0. The van der Waals surface area contributed by atoms with Crippen molar-refractivity contribution in [1.82, 2.24) is 10.6 Å². The van der Waals surface area contributed by atoms with E-state index in [1.807, 2.05) is 49.4 Å². The molecule has 6 nitrogen and oxygen atoms in total. The van der Waals surface area contributed by atoms with Crippen LogP contribution >= 0.6 is 0 Å². The third kappa shape index (κ3) is 8.66. The van der Waals surface area contributed by atoms with E-state index in [1.165, 1.54) is 0 Å². The van der Waals surface area contributed by atoms with E-state index in [0.717, 1.165) is 22.4 Å². The standard InChI is InChI=1S/C22H31N3O3S/c1-18-9-10-20(21(15-18)28-13-12-27-3)16-25-22(23-2)24-11-14-29(26)17-19-7-5-4-6-8-19/h4-10,15H,11-14,16-17H2,1-3H3,(H2,23,24,25). The Bertz CT molecular complexity index is 797. The highest BCUT2D eigenvalue weighted by Gasteiger charge is 2.07. The summed E-state index contributed by atoms with van der Waals surface area (Å²) in [5.41, 5.74) is 3.28. The molecule has 0 fully saturated rings. The van der Waals surface area contributed by atoms with Gasteiger partial charge in [-0.3, -0.25) is 9.20 Å². The molecule has 1 unspecified atom stereocenters. The summed E-state index contributed by atoms with van der Waals surface area (Å²) in [6.07, 6.45) is 0. The van der Waals surface area contributed by atoms with E-state index >= 15 is 0 Å². The predicted octanol–water partition coefficient (Wildman–Crippen LogP) is 2.63. The van der Waals surface area contributed by atoms with E-state index in [1.54, 1.807) is 14.2 Å². The molecule has 7 heteroatoms. The summed E-state index contributed by atoms with van der Waals surface area (Å²) in [6, 6.07) is 16.0. The van der Waals surface area contributed by atoms with Crippen molar-refractivity contribution in [3.63, 3.8) is 0 Å². The summed E-state index contributed by atoms with van der Waals surface area (Å²) in [6.45, 7) is 4.26. The van der Waals surface area contributed by atoms with Gasteiger partial charge < -0.3 is 20.1 Å². The zero-order chi connectivity index (χ0) is 20.9. The number of nitrogens with zero attached hydrogens (tertiary/aromatic N) is 1. The Morgan fingerprint density at radius 3 is 2.62 bits per heavy atom. The van der Waals surface area contributed by atoms with Crippen molar-refractivity contribution >= 4 is 16.8 Å². The zero-order valence-electron chi connectivity index (χ0n) is 17.4. The van der Waals surface area contributed by atoms with Crippen molar-refractivity contribution in [3.8, 4) is 5.75 Å². The van der Waals surface area contributed by atoms with Crippen LogP contribution in [0.3, 0.4) is 0 Å². The molecule has 2 rings (SSSR count). The summed E-state index contributed by atoms with van der Waals surface area (Å²) in [7, 11) is 2.46. The summed E-state index contributed by atoms with van der Waals surface area (Å²) < 4.78 is 23.1. The molecule has 2 aromatic rings. The first-order valence-corrected chi connectivity index (χ1v) is 11.2. The Morgan fingerprint density at radius 1 is 1.10 bits per heavy atom. The minimum absolute atomic E-state index is 0.507. The predicted molar refractivity (Wildman–Crippen MR) is 120 cm³/mol. The highest BCUT2D eigenvalue weighted by Crippen LogP contribution is 2.20. The Balaban J connectivity index is 1.79. The number of aryl methyl sites for hydroxylation is 1. The molecular formula is C22H31N3O3S. The fourth-order valence-corrected chi connectivity index (χ4v) is 3.73. The third-order valence-corrected chi connectivity index (χ3v) is 5.55. The molecule has 0 radical (unpaired) electrons. The number of ether oxygens (including phenoxy) is 2. The first kappa shape index (κ1) is 22.9. The van der Waals surface area contributed by atoms with Crippen molar-refractivity contribution in [1.29, 1.82) is 0 Å². The molecule has 0 aromatic heterocycles. The molecule has 0 aliphatic heterocycles. The van der Waals surface area contributed by atoms with Gasteiger partial charge in [0.25, 0.3) is 0 Å². The van der Waals surface area contributed by atoms with Gasteiger partial charge in [-0.15, -0.1) is 0 Å². The molecule has 0 spiro atoms. The van der Waals surface area contributed by atoms with Gasteiger partial charge in [0.1, 0.15) is 12.4 Å².